The Morgan fingerprint density at radius 1 is 1.37 bits per heavy atom. The van der Waals surface area contributed by atoms with Crippen LogP contribution in [0.4, 0.5) is 0 Å². The summed E-state index contributed by atoms with van der Waals surface area (Å²) in [5.74, 6) is 1.89. The van der Waals surface area contributed by atoms with E-state index in [0.29, 0.717) is 25.7 Å². The summed E-state index contributed by atoms with van der Waals surface area (Å²) >= 11 is 0. The first kappa shape index (κ1) is 24.2. The zero-order valence-corrected chi connectivity index (χ0v) is 19.6. The smallest absolute Gasteiger partial charge is 0.213 e. The highest BCUT2D eigenvalue weighted by Crippen LogP contribution is 2.14. The summed E-state index contributed by atoms with van der Waals surface area (Å²) in [6.07, 6.45) is 5.02. The van der Waals surface area contributed by atoms with E-state index in [1.807, 2.05) is 12.1 Å². The molecule has 1 saturated heterocycles. The van der Waals surface area contributed by atoms with Gasteiger partial charge in [-0.1, -0.05) is 6.92 Å². The number of nitrogens with zero attached hydrogens (tertiary/aromatic N) is 2. The molecular weight excluding hydrogens is 479 g/mol. The van der Waals surface area contributed by atoms with Gasteiger partial charge in [-0.05, 0) is 45.2 Å². The Kier molecular flexibility index (Phi) is 10.7. The molecule has 27 heavy (non-hydrogen) atoms. The van der Waals surface area contributed by atoms with Crippen LogP contribution in [0.25, 0.3) is 0 Å². The van der Waals surface area contributed by atoms with Crippen molar-refractivity contribution in [1.29, 1.82) is 0 Å². The van der Waals surface area contributed by atoms with Gasteiger partial charge in [-0.15, -0.1) is 24.0 Å². The van der Waals surface area contributed by atoms with Crippen LogP contribution in [-0.2, 0) is 16.4 Å². The first-order valence-electron chi connectivity index (χ1n) is 9.52. The molecule has 2 rings (SSSR count). The Bertz CT molecular complexity index is 656. The second-order valence-electron chi connectivity index (χ2n) is 6.73. The minimum atomic E-state index is -3.09. The number of hydrogen-bond acceptors (Lipinski definition) is 4. The van der Waals surface area contributed by atoms with E-state index < -0.39 is 10.0 Å². The molecule has 0 bridgehead atoms. The van der Waals surface area contributed by atoms with E-state index in [1.54, 1.807) is 17.5 Å². The summed E-state index contributed by atoms with van der Waals surface area (Å²) in [4.78, 5) is 4.67. The number of sulfonamides is 1. The molecule has 1 aliphatic rings. The lowest BCUT2D eigenvalue weighted by Crippen LogP contribution is -2.51. The Hall–Kier alpha value is -0.810. The molecule has 9 heteroatoms. The number of rotatable bonds is 8. The molecule has 1 fully saturated rings. The fourth-order valence-electron chi connectivity index (χ4n) is 2.86. The average Bonchev–Trinajstić information content (AvgIpc) is 3.15. The second-order valence-corrected chi connectivity index (χ2v) is 8.99. The molecule has 1 aromatic heterocycles. The van der Waals surface area contributed by atoms with Gasteiger partial charge in [0.2, 0.25) is 10.0 Å². The van der Waals surface area contributed by atoms with Gasteiger partial charge < -0.3 is 15.1 Å². The van der Waals surface area contributed by atoms with Gasteiger partial charge in [0.05, 0.1) is 12.0 Å². The van der Waals surface area contributed by atoms with Crippen LogP contribution < -0.4 is 10.6 Å². The number of guanidine groups is 1. The van der Waals surface area contributed by atoms with Crippen molar-refractivity contribution in [2.24, 2.45) is 4.99 Å². The molecule has 156 valence electrons. The lowest BCUT2D eigenvalue weighted by Gasteiger charge is -2.32. The van der Waals surface area contributed by atoms with Crippen LogP contribution in [0.3, 0.4) is 0 Å². The van der Waals surface area contributed by atoms with Crippen molar-refractivity contribution in [3.8, 4) is 0 Å². The normalized spacial score (nSPS) is 18.0. The van der Waals surface area contributed by atoms with E-state index in [0.717, 1.165) is 37.4 Å². The van der Waals surface area contributed by atoms with Crippen molar-refractivity contribution in [2.45, 2.75) is 58.5 Å². The van der Waals surface area contributed by atoms with Gasteiger partial charge in [0.1, 0.15) is 5.76 Å². The molecule has 0 aromatic carbocycles. The van der Waals surface area contributed by atoms with Crippen molar-refractivity contribution < 1.29 is 12.8 Å². The third-order valence-electron chi connectivity index (χ3n) is 4.76. The fourth-order valence-corrected chi connectivity index (χ4v) is 3.99. The predicted molar refractivity (Wildman–Crippen MR) is 120 cm³/mol. The average molecular weight is 512 g/mol. The maximum Gasteiger partial charge on any atom is 0.213 e. The van der Waals surface area contributed by atoms with E-state index in [4.69, 9.17) is 4.42 Å². The molecule has 1 unspecified atom stereocenters. The zero-order valence-electron chi connectivity index (χ0n) is 16.5. The monoisotopic (exact) mass is 512 g/mol. The molecule has 2 N–H and O–H groups in total. The molecule has 0 spiro atoms. The van der Waals surface area contributed by atoms with Gasteiger partial charge in [0, 0.05) is 38.1 Å². The minimum Gasteiger partial charge on any atom is -0.469 e. The highest BCUT2D eigenvalue weighted by Gasteiger charge is 2.27. The quantitative estimate of drug-likeness (QED) is 0.318. The van der Waals surface area contributed by atoms with Gasteiger partial charge >= 0.3 is 0 Å². The molecule has 0 saturated carbocycles. The Balaban J connectivity index is 0.00000364. The Labute approximate surface area is 180 Å². The molecule has 1 aromatic rings. The topological polar surface area (TPSA) is 86.9 Å². The van der Waals surface area contributed by atoms with Crippen molar-refractivity contribution in [3.05, 3.63) is 24.2 Å². The van der Waals surface area contributed by atoms with E-state index >= 15 is 0 Å². The van der Waals surface area contributed by atoms with Crippen LogP contribution >= 0.6 is 24.0 Å². The maximum absolute atomic E-state index is 12.0. The maximum atomic E-state index is 12.0. The van der Waals surface area contributed by atoms with Crippen LogP contribution in [0.2, 0.25) is 0 Å². The summed E-state index contributed by atoms with van der Waals surface area (Å²) in [6.45, 7) is 7.72. The minimum absolute atomic E-state index is 0. The zero-order chi connectivity index (χ0) is 19.0. The molecule has 1 atom stereocenters. The molecule has 0 aliphatic carbocycles. The molecule has 2 heterocycles. The summed E-state index contributed by atoms with van der Waals surface area (Å²) < 4.78 is 30.9. The highest BCUT2D eigenvalue weighted by atomic mass is 127. The van der Waals surface area contributed by atoms with Crippen LogP contribution in [0.15, 0.2) is 27.8 Å². The standard InChI is InChI=1S/C18H32N4O3S.HI/c1-4-15(3)20-18(19-11-8-17-7-6-14-25-17)21-16-9-12-22(13-10-16)26(23,24)5-2;/h6-7,14-16H,4-5,8-13H2,1-3H3,(H2,19,20,21);1H. The molecule has 0 amide bonds. The lowest BCUT2D eigenvalue weighted by molar-refractivity contribution is 0.306. The van der Waals surface area contributed by atoms with Gasteiger partial charge in [-0.25, -0.2) is 12.7 Å². The first-order valence-corrected chi connectivity index (χ1v) is 11.1. The van der Waals surface area contributed by atoms with E-state index in [2.05, 4.69) is 29.5 Å². The molecule has 7 nitrogen and oxygen atoms in total. The van der Waals surface area contributed by atoms with Gasteiger partial charge in [0.15, 0.2) is 5.96 Å². The van der Waals surface area contributed by atoms with Crippen molar-refractivity contribution in [1.82, 2.24) is 14.9 Å². The van der Waals surface area contributed by atoms with E-state index in [-0.39, 0.29) is 35.8 Å². The van der Waals surface area contributed by atoms with Crippen molar-refractivity contribution in [3.63, 3.8) is 0 Å². The largest absolute Gasteiger partial charge is 0.469 e. The predicted octanol–water partition coefficient (Wildman–Crippen LogP) is 2.59. The number of aliphatic imine (C=N–C) groups is 1. The first-order chi connectivity index (χ1) is 12.4. The third kappa shape index (κ3) is 7.98. The van der Waals surface area contributed by atoms with Crippen molar-refractivity contribution in [2.75, 3.05) is 25.4 Å². The van der Waals surface area contributed by atoms with E-state index in [1.165, 1.54) is 0 Å². The summed E-state index contributed by atoms with van der Waals surface area (Å²) in [7, 11) is -3.09. The number of furan rings is 1. The van der Waals surface area contributed by atoms with Crippen LogP contribution in [0.5, 0.6) is 0 Å². The molecule has 0 radical (unpaired) electrons. The fraction of sp³-hybridized carbons (Fsp3) is 0.722. The number of halogens is 1. The second kappa shape index (κ2) is 11.9. The van der Waals surface area contributed by atoms with Gasteiger partial charge in [-0.2, -0.15) is 0 Å². The van der Waals surface area contributed by atoms with Crippen LogP contribution in [0, 0.1) is 0 Å². The summed E-state index contributed by atoms with van der Waals surface area (Å²) in [6, 6.07) is 4.39. The SMILES string of the molecule is CCC(C)NC(=NCCc1ccco1)NC1CCN(S(=O)(=O)CC)CC1.I. The van der Waals surface area contributed by atoms with Crippen LogP contribution in [-0.4, -0.2) is 56.2 Å². The summed E-state index contributed by atoms with van der Waals surface area (Å²) in [5.41, 5.74) is 0. The number of piperidine rings is 1. The Morgan fingerprint density at radius 3 is 2.63 bits per heavy atom. The number of nitrogens with one attached hydrogen (secondary N) is 2. The van der Waals surface area contributed by atoms with E-state index in [9.17, 15) is 8.42 Å². The molecular formula is C18H33IN4O3S. The van der Waals surface area contributed by atoms with Crippen LogP contribution in [0.1, 0.15) is 45.8 Å². The van der Waals surface area contributed by atoms with Gasteiger partial charge in [0.25, 0.3) is 0 Å². The lowest BCUT2D eigenvalue weighted by atomic mass is 10.1. The third-order valence-corrected chi connectivity index (χ3v) is 6.64. The highest BCUT2D eigenvalue weighted by molar-refractivity contribution is 14.0. The van der Waals surface area contributed by atoms with Gasteiger partial charge in [-0.3, -0.25) is 4.99 Å². The molecule has 1 aliphatic heterocycles. The number of hydrogen-bond donors (Lipinski definition) is 2. The van der Waals surface area contributed by atoms with Crippen molar-refractivity contribution >= 4 is 40.0 Å². The summed E-state index contributed by atoms with van der Waals surface area (Å²) in [5, 5.41) is 6.90. The Morgan fingerprint density at radius 2 is 2.07 bits per heavy atom.